The predicted molar refractivity (Wildman–Crippen MR) is 174 cm³/mol. The number of fused-ring (bicyclic) bond motifs is 6. The van der Waals surface area contributed by atoms with Gasteiger partial charge >= 0.3 is 11.9 Å². The maximum Gasteiger partial charge on any atom is 0.361 e. The average Bonchev–Trinajstić information content (AvgIpc) is 3.51. The van der Waals surface area contributed by atoms with E-state index in [-0.39, 0.29) is 40.1 Å². The van der Waals surface area contributed by atoms with E-state index >= 15 is 0 Å². The maximum absolute atomic E-state index is 14.3. The van der Waals surface area contributed by atoms with Crippen LogP contribution in [-0.2, 0) is 14.3 Å². The first-order valence-corrected chi connectivity index (χ1v) is 17.1. The Balaban J connectivity index is 1.46. The van der Waals surface area contributed by atoms with E-state index in [1.807, 2.05) is 32.0 Å². The number of allylic oxidation sites excluding steroid dienone is 2. The maximum atomic E-state index is 14.3. The number of benzene rings is 1. The van der Waals surface area contributed by atoms with Crippen molar-refractivity contribution in [3.8, 4) is 0 Å². The largest absolute Gasteiger partial charge is 0.458 e. The molecule has 9 nitrogen and oxygen atoms in total. The number of hydrogen-bond acceptors (Lipinski definition) is 8. The number of aromatic nitrogens is 3. The number of carbonyl (C=O) groups excluding carboxylic acids is 2. The third-order valence-electron chi connectivity index (χ3n) is 13.0. The molecule has 4 fully saturated rings. The molecule has 0 radical (unpaired) electrons. The fourth-order valence-electron chi connectivity index (χ4n) is 10.8. The SMILES string of the molecule is CC(=O)O[C@H]1C[C@@]2(C)C(C[C@@H](O)C3[C@@]4(C)CC[C@@H](O)[C@@H](C)C4CC[C@@]32C)/C1=C(\CCC=C(C)C)C(=O)On1nnc2ccccc21. The molecule has 0 saturated heterocycles. The van der Waals surface area contributed by atoms with Gasteiger partial charge in [-0.15, -0.1) is 5.10 Å². The molecule has 9 heteroatoms. The van der Waals surface area contributed by atoms with Gasteiger partial charge in [-0.1, -0.05) is 56.3 Å². The molecule has 10 atom stereocenters. The van der Waals surface area contributed by atoms with Gasteiger partial charge in [0, 0.05) is 12.5 Å². The Morgan fingerprint density at radius 3 is 2.50 bits per heavy atom. The van der Waals surface area contributed by atoms with Crippen LogP contribution in [0.5, 0.6) is 0 Å². The summed E-state index contributed by atoms with van der Waals surface area (Å²) in [5, 5.41) is 31.3. The first kappa shape index (κ1) is 32.9. The molecule has 2 aromatic rings. The van der Waals surface area contributed by atoms with Gasteiger partial charge in [-0.05, 0) is 128 Å². The van der Waals surface area contributed by atoms with E-state index in [9.17, 15) is 19.8 Å². The third-order valence-corrected chi connectivity index (χ3v) is 13.0. The molecular weight excluding hydrogens is 582 g/mol. The van der Waals surface area contributed by atoms with Crippen molar-refractivity contribution in [3.63, 3.8) is 0 Å². The van der Waals surface area contributed by atoms with Crippen LogP contribution >= 0.6 is 0 Å². The molecule has 4 aliphatic carbocycles. The summed E-state index contributed by atoms with van der Waals surface area (Å²) in [5.74, 6) is -0.578. The Labute approximate surface area is 272 Å². The molecule has 0 amide bonds. The number of esters is 1. The summed E-state index contributed by atoms with van der Waals surface area (Å²) >= 11 is 0. The molecule has 6 rings (SSSR count). The highest BCUT2D eigenvalue weighted by atomic mass is 16.7. The number of aliphatic hydroxyl groups excluding tert-OH is 2. The molecule has 250 valence electrons. The van der Waals surface area contributed by atoms with Gasteiger partial charge in [0.1, 0.15) is 17.1 Å². The lowest BCUT2D eigenvalue weighted by Gasteiger charge is -2.69. The summed E-state index contributed by atoms with van der Waals surface area (Å²) in [5.41, 5.74) is 2.87. The Morgan fingerprint density at radius 2 is 1.78 bits per heavy atom. The summed E-state index contributed by atoms with van der Waals surface area (Å²) in [6.07, 6.45) is 6.17. The Bertz CT molecular complexity index is 1580. The first-order valence-electron chi connectivity index (χ1n) is 17.1. The van der Waals surface area contributed by atoms with E-state index in [1.165, 1.54) is 11.8 Å². The molecule has 1 heterocycles. The van der Waals surface area contributed by atoms with E-state index < -0.39 is 24.1 Å². The van der Waals surface area contributed by atoms with Crippen LogP contribution in [0.25, 0.3) is 11.0 Å². The van der Waals surface area contributed by atoms with Crippen molar-refractivity contribution in [2.45, 2.75) is 118 Å². The van der Waals surface area contributed by atoms with E-state index in [0.717, 1.165) is 36.8 Å². The van der Waals surface area contributed by atoms with Gasteiger partial charge in [0.25, 0.3) is 0 Å². The summed E-state index contributed by atoms with van der Waals surface area (Å²) in [6.45, 7) is 14.6. The van der Waals surface area contributed by atoms with Crippen LogP contribution in [0.1, 0.15) is 99.8 Å². The van der Waals surface area contributed by atoms with Gasteiger partial charge in [0.05, 0.1) is 12.2 Å². The predicted octanol–water partition coefficient (Wildman–Crippen LogP) is 5.98. The molecule has 0 aliphatic heterocycles. The Kier molecular flexibility index (Phi) is 8.50. The van der Waals surface area contributed by atoms with Crippen LogP contribution < -0.4 is 4.84 Å². The van der Waals surface area contributed by atoms with Gasteiger partial charge in [-0.3, -0.25) is 4.79 Å². The lowest BCUT2D eigenvalue weighted by atomic mass is 9.36. The summed E-state index contributed by atoms with van der Waals surface area (Å²) < 4.78 is 6.10. The fraction of sp³-hybridized carbons (Fsp3) is 0.676. The highest BCUT2D eigenvalue weighted by Gasteiger charge is 2.70. The van der Waals surface area contributed by atoms with Crippen LogP contribution in [0.3, 0.4) is 0 Å². The normalized spacial score (nSPS) is 39.5. The third kappa shape index (κ3) is 5.13. The number of carbonyl (C=O) groups is 2. The number of ether oxygens (including phenoxy) is 1. The minimum Gasteiger partial charge on any atom is -0.458 e. The zero-order valence-corrected chi connectivity index (χ0v) is 28.5. The van der Waals surface area contributed by atoms with Crippen LogP contribution in [0.15, 0.2) is 47.1 Å². The van der Waals surface area contributed by atoms with Crippen LogP contribution in [0, 0.1) is 39.9 Å². The van der Waals surface area contributed by atoms with Crippen molar-refractivity contribution in [1.82, 2.24) is 15.2 Å². The number of nitrogens with zero attached hydrogens (tertiary/aromatic N) is 3. The van der Waals surface area contributed by atoms with Crippen molar-refractivity contribution < 1.29 is 29.4 Å². The molecule has 1 aromatic heterocycles. The molecule has 3 unspecified atom stereocenters. The topological polar surface area (TPSA) is 124 Å². The van der Waals surface area contributed by atoms with Crippen molar-refractivity contribution in [1.29, 1.82) is 0 Å². The minimum atomic E-state index is -0.602. The summed E-state index contributed by atoms with van der Waals surface area (Å²) in [7, 11) is 0. The Hall–Kier alpha value is -3.04. The quantitative estimate of drug-likeness (QED) is 0.172. The van der Waals surface area contributed by atoms with Crippen LogP contribution in [-0.4, -0.2) is 55.6 Å². The van der Waals surface area contributed by atoms with E-state index in [1.54, 1.807) is 6.07 Å². The Morgan fingerprint density at radius 1 is 1.04 bits per heavy atom. The first-order chi connectivity index (χ1) is 21.7. The number of para-hydroxylation sites is 1. The van der Waals surface area contributed by atoms with Gasteiger partial charge < -0.3 is 19.8 Å². The van der Waals surface area contributed by atoms with Crippen molar-refractivity contribution in [3.05, 3.63) is 47.1 Å². The van der Waals surface area contributed by atoms with Crippen molar-refractivity contribution >= 4 is 23.0 Å². The smallest absolute Gasteiger partial charge is 0.361 e. The lowest BCUT2D eigenvalue weighted by Crippen LogP contribution is -2.65. The monoisotopic (exact) mass is 633 g/mol. The van der Waals surface area contributed by atoms with Crippen LogP contribution in [0.2, 0.25) is 0 Å². The molecule has 2 N–H and O–H groups in total. The van der Waals surface area contributed by atoms with Gasteiger partial charge in [0.2, 0.25) is 0 Å². The van der Waals surface area contributed by atoms with E-state index in [0.29, 0.717) is 48.2 Å². The highest BCUT2D eigenvalue weighted by molar-refractivity contribution is 5.91. The second-order valence-electron chi connectivity index (χ2n) is 15.7. The second kappa shape index (κ2) is 11.9. The lowest BCUT2D eigenvalue weighted by molar-refractivity contribution is -0.234. The van der Waals surface area contributed by atoms with E-state index in [2.05, 4.69) is 44.1 Å². The average molecular weight is 634 g/mol. The van der Waals surface area contributed by atoms with Gasteiger partial charge in [-0.2, -0.15) is 0 Å². The number of aliphatic hydroxyl groups is 2. The van der Waals surface area contributed by atoms with Crippen LogP contribution in [0.4, 0.5) is 0 Å². The number of hydrogen-bond donors (Lipinski definition) is 2. The van der Waals surface area contributed by atoms with Gasteiger partial charge in [0.15, 0.2) is 0 Å². The molecule has 0 spiro atoms. The molecule has 4 saturated carbocycles. The van der Waals surface area contributed by atoms with Crippen molar-refractivity contribution in [2.75, 3.05) is 0 Å². The number of rotatable bonds is 6. The molecule has 0 bridgehead atoms. The zero-order chi connectivity index (χ0) is 33.2. The summed E-state index contributed by atoms with van der Waals surface area (Å²) in [4.78, 5) is 34.0. The minimum absolute atomic E-state index is 0.0230. The molecule has 4 aliphatic rings. The van der Waals surface area contributed by atoms with E-state index in [4.69, 9.17) is 9.57 Å². The highest BCUT2D eigenvalue weighted by Crippen LogP contribution is 2.74. The fourth-order valence-corrected chi connectivity index (χ4v) is 10.8. The second-order valence-corrected chi connectivity index (χ2v) is 15.7. The molecule has 1 aromatic carbocycles. The van der Waals surface area contributed by atoms with Crippen molar-refractivity contribution in [2.24, 2.45) is 39.9 Å². The molecular formula is C37H51N3O6. The zero-order valence-electron chi connectivity index (χ0n) is 28.5. The molecule has 46 heavy (non-hydrogen) atoms. The standard InChI is InChI=1S/C37H51N3O6/c1-21(2)11-10-12-24(34(44)46-40-28-14-9-8-13-27(28)38-39-40)32-26-19-30(43)33-35(5)17-16-29(42)22(3)25(35)15-18-36(33,6)37(26,7)20-31(32)45-23(4)41/h8-9,11,13-14,22,25-26,29-31,33,42-43H,10,12,15-20H2,1-7H3/b32-24-/t22-,25?,26?,29+,30+,31-,33?,35-,36-,37-/m0/s1. The van der Waals surface area contributed by atoms with Gasteiger partial charge in [-0.25, -0.2) is 4.79 Å². The summed E-state index contributed by atoms with van der Waals surface area (Å²) in [6, 6.07) is 7.30.